The fourth-order valence-corrected chi connectivity index (χ4v) is 1.64. The van der Waals surface area contributed by atoms with Crippen LogP contribution in [-0.4, -0.2) is 36.0 Å². The van der Waals surface area contributed by atoms with Crippen LogP contribution in [0, 0.1) is 0 Å². The van der Waals surface area contributed by atoms with E-state index in [1.54, 1.807) is 4.90 Å². The molecule has 0 aliphatic carbocycles. The van der Waals surface area contributed by atoms with E-state index in [0.717, 1.165) is 0 Å². The second-order valence-electron chi connectivity index (χ2n) is 3.48. The predicted molar refractivity (Wildman–Crippen MR) is 51.9 cm³/mol. The summed E-state index contributed by atoms with van der Waals surface area (Å²) in [5.41, 5.74) is 0. The van der Waals surface area contributed by atoms with Gasteiger partial charge in [-0.1, -0.05) is 12.2 Å². The number of carbonyl (C=O) groups excluding carboxylic acids is 2. The molecule has 0 saturated heterocycles. The van der Waals surface area contributed by atoms with Gasteiger partial charge in [-0.25, -0.2) is 4.79 Å². The van der Waals surface area contributed by atoms with Gasteiger partial charge in [-0.2, -0.15) is 0 Å². The Hall–Kier alpha value is -1.32. The zero-order chi connectivity index (χ0) is 10.7. The molecule has 1 rings (SSSR count). The summed E-state index contributed by atoms with van der Waals surface area (Å²) < 4.78 is 4.65. The second-order valence-corrected chi connectivity index (χ2v) is 3.48. The SMILES string of the molecule is COC(=O)N1C(C)C=CC1CC(C)=O. The lowest BCUT2D eigenvalue weighted by Gasteiger charge is -2.26. The van der Waals surface area contributed by atoms with Gasteiger partial charge in [0.25, 0.3) is 0 Å². The van der Waals surface area contributed by atoms with Gasteiger partial charge < -0.3 is 4.74 Å². The molecule has 0 spiro atoms. The summed E-state index contributed by atoms with van der Waals surface area (Å²) >= 11 is 0. The molecule has 0 N–H and O–H groups in total. The highest BCUT2D eigenvalue weighted by molar-refractivity contribution is 5.78. The molecule has 1 aliphatic heterocycles. The minimum atomic E-state index is -0.381. The van der Waals surface area contributed by atoms with Crippen LogP contribution in [-0.2, 0) is 9.53 Å². The number of ether oxygens (including phenoxy) is 1. The first-order valence-corrected chi connectivity index (χ1v) is 4.60. The number of rotatable bonds is 2. The van der Waals surface area contributed by atoms with Gasteiger partial charge in [0.05, 0.1) is 19.2 Å². The molecule has 1 amide bonds. The van der Waals surface area contributed by atoms with Crippen LogP contribution in [0.4, 0.5) is 4.79 Å². The predicted octanol–water partition coefficient (Wildman–Crippen LogP) is 1.36. The van der Waals surface area contributed by atoms with Crippen LogP contribution in [0.15, 0.2) is 12.2 Å². The molecule has 78 valence electrons. The molecule has 14 heavy (non-hydrogen) atoms. The zero-order valence-corrected chi connectivity index (χ0v) is 8.69. The molecule has 0 aromatic heterocycles. The maximum absolute atomic E-state index is 11.4. The number of carbonyl (C=O) groups is 2. The Morgan fingerprint density at radius 3 is 2.57 bits per heavy atom. The fraction of sp³-hybridized carbons (Fsp3) is 0.600. The lowest BCUT2D eigenvalue weighted by atomic mass is 10.1. The molecule has 1 heterocycles. The van der Waals surface area contributed by atoms with E-state index in [-0.39, 0.29) is 24.0 Å². The Morgan fingerprint density at radius 2 is 2.07 bits per heavy atom. The van der Waals surface area contributed by atoms with Crippen LogP contribution in [0.5, 0.6) is 0 Å². The van der Waals surface area contributed by atoms with Crippen LogP contribution < -0.4 is 0 Å². The van der Waals surface area contributed by atoms with Crippen molar-refractivity contribution in [2.24, 2.45) is 0 Å². The Morgan fingerprint density at radius 1 is 1.43 bits per heavy atom. The summed E-state index contributed by atoms with van der Waals surface area (Å²) in [6.07, 6.45) is 3.76. The standard InChI is InChI=1S/C10H15NO3/c1-7-4-5-9(6-8(2)12)11(7)10(13)14-3/h4-5,7,9H,6H2,1-3H3. The molecule has 0 fully saturated rings. The van der Waals surface area contributed by atoms with E-state index in [1.807, 2.05) is 19.1 Å². The zero-order valence-electron chi connectivity index (χ0n) is 8.69. The molecule has 4 nitrogen and oxygen atoms in total. The summed E-state index contributed by atoms with van der Waals surface area (Å²) in [6.45, 7) is 3.42. The van der Waals surface area contributed by atoms with Gasteiger partial charge in [0.1, 0.15) is 5.78 Å². The van der Waals surface area contributed by atoms with E-state index in [9.17, 15) is 9.59 Å². The maximum atomic E-state index is 11.4. The molecular weight excluding hydrogens is 182 g/mol. The number of hydrogen-bond acceptors (Lipinski definition) is 3. The van der Waals surface area contributed by atoms with Gasteiger partial charge >= 0.3 is 6.09 Å². The summed E-state index contributed by atoms with van der Waals surface area (Å²) in [4.78, 5) is 23.9. The van der Waals surface area contributed by atoms with Crippen molar-refractivity contribution in [1.29, 1.82) is 0 Å². The van der Waals surface area contributed by atoms with Crippen molar-refractivity contribution in [3.8, 4) is 0 Å². The van der Waals surface area contributed by atoms with Crippen molar-refractivity contribution >= 4 is 11.9 Å². The number of hydrogen-bond donors (Lipinski definition) is 0. The number of amides is 1. The highest BCUT2D eigenvalue weighted by Crippen LogP contribution is 2.20. The van der Waals surface area contributed by atoms with E-state index >= 15 is 0 Å². The molecule has 4 heteroatoms. The quantitative estimate of drug-likeness (QED) is 0.628. The summed E-state index contributed by atoms with van der Waals surface area (Å²) in [7, 11) is 1.35. The summed E-state index contributed by atoms with van der Waals surface area (Å²) in [5, 5.41) is 0. The number of nitrogens with zero attached hydrogens (tertiary/aromatic N) is 1. The van der Waals surface area contributed by atoms with E-state index < -0.39 is 0 Å². The van der Waals surface area contributed by atoms with Gasteiger partial charge in [0.15, 0.2) is 0 Å². The van der Waals surface area contributed by atoms with Crippen molar-refractivity contribution in [2.75, 3.05) is 7.11 Å². The third kappa shape index (κ3) is 2.13. The van der Waals surface area contributed by atoms with Crippen LogP contribution in [0.2, 0.25) is 0 Å². The molecule has 2 atom stereocenters. The molecule has 2 unspecified atom stereocenters. The van der Waals surface area contributed by atoms with Crippen molar-refractivity contribution in [2.45, 2.75) is 32.4 Å². The number of methoxy groups -OCH3 is 1. The minimum Gasteiger partial charge on any atom is -0.453 e. The Balaban J connectivity index is 2.70. The van der Waals surface area contributed by atoms with Crippen molar-refractivity contribution < 1.29 is 14.3 Å². The van der Waals surface area contributed by atoms with Gasteiger partial charge in [-0.05, 0) is 13.8 Å². The minimum absolute atomic E-state index is 0.00630. The van der Waals surface area contributed by atoms with E-state index in [0.29, 0.717) is 6.42 Å². The first-order valence-electron chi connectivity index (χ1n) is 4.60. The molecule has 1 aliphatic rings. The van der Waals surface area contributed by atoms with Crippen LogP contribution in [0.3, 0.4) is 0 Å². The van der Waals surface area contributed by atoms with E-state index in [4.69, 9.17) is 0 Å². The first kappa shape index (κ1) is 10.8. The second kappa shape index (κ2) is 4.26. The third-order valence-corrected chi connectivity index (χ3v) is 2.29. The average molecular weight is 197 g/mol. The van der Waals surface area contributed by atoms with E-state index in [2.05, 4.69) is 4.74 Å². The van der Waals surface area contributed by atoms with Crippen molar-refractivity contribution in [1.82, 2.24) is 4.90 Å². The largest absolute Gasteiger partial charge is 0.453 e. The normalized spacial score (nSPS) is 25.2. The number of Topliss-reactive ketones (excluding diaryl/α,β-unsaturated/α-hetero) is 1. The van der Waals surface area contributed by atoms with Gasteiger partial charge in [-0.3, -0.25) is 9.69 Å². The monoisotopic (exact) mass is 197 g/mol. The van der Waals surface area contributed by atoms with Crippen molar-refractivity contribution in [3.63, 3.8) is 0 Å². The van der Waals surface area contributed by atoms with E-state index in [1.165, 1.54) is 14.0 Å². The molecular formula is C10H15NO3. The first-order chi connectivity index (χ1) is 6.56. The Kier molecular flexibility index (Phi) is 3.28. The molecule has 0 saturated carbocycles. The average Bonchev–Trinajstić information content (AvgIpc) is 2.45. The van der Waals surface area contributed by atoms with Gasteiger partial charge in [-0.15, -0.1) is 0 Å². The van der Waals surface area contributed by atoms with Gasteiger partial charge in [0, 0.05) is 6.42 Å². The summed E-state index contributed by atoms with van der Waals surface area (Å²) in [5.74, 6) is 0.0719. The third-order valence-electron chi connectivity index (χ3n) is 2.29. The lowest BCUT2D eigenvalue weighted by molar-refractivity contribution is -0.117. The van der Waals surface area contributed by atoms with Crippen LogP contribution >= 0.6 is 0 Å². The van der Waals surface area contributed by atoms with Crippen LogP contribution in [0.25, 0.3) is 0 Å². The molecule has 0 aromatic carbocycles. The highest BCUT2D eigenvalue weighted by atomic mass is 16.5. The Bertz CT molecular complexity index is 273. The summed E-state index contributed by atoms with van der Waals surface area (Å²) in [6, 6.07) is -0.137. The maximum Gasteiger partial charge on any atom is 0.410 e. The topological polar surface area (TPSA) is 46.6 Å². The molecule has 0 bridgehead atoms. The lowest BCUT2D eigenvalue weighted by Crippen LogP contribution is -2.41. The van der Waals surface area contributed by atoms with Gasteiger partial charge in [0.2, 0.25) is 0 Å². The molecule has 0 radical (unpaired) electrons. The smallest absolute Gasteiger partial charge is 0.410 e. The fourth-order valence-electron chi connectivity index (χ4n) is 1.64. The number of ketones is 1. The Labute approximate surface area is 83.5 Å². The highest BCUT2D eigenvalue weighted by Gasteiger charge is 2.31. The van der Waals surface area contributed by atoms with Crippen molar-refractivity contribution in [3.05, 3.63) is 12.2 Å². The molecule has 0 aromatic rings. The van der Waals surface area contributed by atoms with Crippen LogP contribution in [0.1, 0.15) is 20.3 Å².